The average molecular weight is 402 g/mol. The van der Waals surface area contributed by atoms with Gasteiger partial charge in [-0.3, -0.25) is 10.2 Å². The minimum absolute atomic E-state index is 0.256. The van der Waals surface area contributed by atoms with Gasteiger partial charge in [0, 0.05) is 39.9 Å². The first-order chi connectivity index (χ1) is 14.2. The van der Waals surface area contributed by atoms with Crippen LogP contribution in [0.15, 0.2) is 29.3 Å². The largest absolute Gasteiger partial charge is 0.489 e. The van der Waals surface area contributed by atoms with Crippen molar-refractivity contribution in [3.05, 3.63) is 29.8 Å². The number of nitrogens with zero attached hydrogens (tertiary/aromatic N) is 3. The number of methoxy groups -OCH3 is 2. The Morgan fingerprint density at radius 1 is 1.28 bits per heavy atom. The third kappa shape index (κ3) is 6.32. The van der Waals surface area contributed by atoms with Gasteiger partial charge in [0.15, 0.2) is 12.5 Å². The summed E-state index contributed by atoms with van der Waals surface area (Å²) < 4.78 is 16.5. The number of hydrogen-bond acceptors (Lipinski definition) is 6. The van der Waals surface area contributed by atoms with Crippen molar-refractivity contribution in [3.8, 4) is 11.9 Å². The summed E-state index contributed by atoms with van der Waals surface area (Å²) in [5.74, 6) is 1.51. The number of nitriles is 1. The van der Waals surface area contributed by atoms with Crippen molar-refractivity contribution in [1.82, 2.24) is 15.5 Å². The third-order valence-electron chi connectivity index (χ3n) is 5.49. The molecule has 1 fully saturated rings. The van der Waals surface area contributed by atoms with E-state index in [4.69, 9.17) is 19.5 Å². The molecule has 1 unspecified atom stereocenters. The molecule has 0 amide bonds. The number of hydrogen-bond donors (Lipinski definition) is 2. The second kappa shape index (κ2) is 11.0. The molecule has 0 saturated carbocycles. The standard InChI is InChI=1S/C21H31N5O3/c1-27-20(28-2)13-23-21(24-15-22)25-17-9-11-26(12-10-17)14-18-8-7-16-5-3-4-6-19(16)29-18/h3-6,17-18,20H,7-14H2,1-2H3,(H2,23,24,25). The first-order valence-corrected chi connectivity index (χ1v) is 10.2. The van der Waals surface area contributed by atoms with Gasteiger partial charge in [-0.2, -0.15) is 5.26 Å². The van der Waals surface area contributed by atoms with Gasteiger partial charge in [0.05, 0.1) is 6.54 Å². The zero-order valence-electron chi connectivity index (χ0n) is 17.3. The van der Waals surface area contributed by atoms with Gasteiger partial charge in [-0.25, -0.2) is 4.99 Å². The fraction of sp³-hybridized carbons (Fsp3) is 0.619. The van der Waals surface area contributed by atoms with E-state index < -0.39 is 6.29 Å². The Morgan fingerprint density at radius 2 is 2.03 bits per heavy atom. The van der Waals surface area contributed by atoms with E-state index in [1.807, 2.05) is 12.3 Å². The lowest BCUT2D eigenvalue weighted by molar-refractivity contribution is -0.0937. The van der Waals surface area contributed by atoms with E-state index in [0.29, 0.717) is 12.5 Å². The summed E-state index contributed by atoms with van der Waals surface area (Å²) in [4.78, 5) is 6.84. The molecule has 0 aromatic heterocycles. The Hall–Kier alpha value is -2.34. The van der Waals surface area contributed by atoms with Crippen molar-refractivity contribution < 1.29 is 14.2 Å². The summed E-state index contributed by atoms with van der Waals surface area (Å²) in [7, 11) is 3.14. The average Bonchev–Trinajstić information content (AvgIpc) is 2.76. The summed E-state index contributed by atoms with van der Waals surface area (Å²) in [6.07, 6.45) is 5.91. The second-order valence-corrected chi connectivity index (χ2v) is 7.43. The summed E-state index contributed by atoms with van der Waals surface area (Å²) in [5, 5.41) is 14.9. The maximum absolute atomic E-state index is 8.97. The number of piperidine rings is 1. The van der Waals surface area contributed by atoms with Crippen molar-refractivity contribution >= 4 is 5.96 Å². The van der Waals surface area contributed by atoms with E-state index >= 15 is 0 Å². The topological polar surface area (TPSA) is 91.1 Å². The smallest absolute Gasteiger partial charge is 0.205 e. The molecule has 2 aliphatic rings. The normalized spacial score (nSPS) is 20.6. The number of aryl methyl sites for hydroxylation is 1. The van der Waals surface area contributed by atoms with Gasteiger partial charge < -0.3 is 19.5 Å². The van der Waals surface area contributed by atoms with Crippen LogP contribution in [0, 0.1) is 11.5 Å². The van der Waals surface area contributed by atoms with E-state index in [9.17, 15) is 0 Å². The predicted molar refractivity (Wildman–Crippen MR) is 111 cm³/mol. The van der Waals surface area contributed by atoms with Gasteiger partial charge in [-0.15, -0.1) is 0 Å². The van der Waals surface area contributed by atoms with Crippen LogP contribution >= 0.6 is 0 Å². The van der Waals surface area contributed by atoms with Crippen LogP contribution in [-0.4, -0.2) is 69.7 Å². The Balaban J connectivity index is 1.44. The number of rotatable bonds is 7. The first-order valence-electron chi connectivity index (χ1n) is 10.2. The van der Waals surface area contributed by atoms with Gasteiger partial charge in [0.1, 0.15) is 11.9 Å². The lowest BCUT2D eigenvalue weighted by Crippen LogP contribution is -2.49. The van der Waals surface area contributed by atoms with Gasteiger partial charge in [0.25, 0.3) is 0 Å². The molecule has 0 radical (unpaired) electrons. The zero-order chi connectivity index (χ0) is 20.5. The molecule has 0 aliphatic carbocycles. The number of guanidine groups is 1. The molecule has 158 valence electrons. The molecular formula is C21H31N5O3. The van der Waals surface area contributed by atoms with Crippen LogP contribution in [0.5, 0.6) is 5.75 Å². The van der Waals surface area contributed by atoms with Crippen molar-refractivity contribution in [1.29, 1.82) is 5.26 Å². The fourth-order valence-corrected chi connectivity index (χ4v) is 3.84. The maximum Gasteiger partial charge on any atom is 0.205 e. The molecule has 8 nitrogen and oxygen atoms in total. The van der Waals surface area contributed by atoms with E-state index in [-0.39, 0.29) is 12.1 Å². The minimum Gasteiger partial charge on any atom is -0.489 e. The Kier molecular flexibility index (Phi) is 8.11. The molecule has 1 saturated heterocycles. The number of para-hydroxylation sites is 1. The Bertz CT molecular complexity index is 709. The molecule has 1 aromatic rings. The number of fused-ring (bicyclic) bond motifs is 1. The van der Waals surface area contributed by atoms with Crippen LogP contribution in [0.25, 0.3) is 0 Å². The number of benzene rings is 1. The number of nitrogens with one attached hydrogen (secondary N) is 2. The maximum atomic E-state index is 8.97. The lowest BCUT2D eigenvalue weighted by Gasteiger charge is -2.36. The fourth-order valence-electron chi connectivity index (χ4n) is 3.84. The first kappa shape index (κ1) is 21.4. The van der Waals surface area contributed by atoms with Crippen molar-refractivity contribution in [2.45, 2.75) is 44.1 Å². The van der Waals surface area contributed by atoms with E-state index in [0.717, 1.165) is 51.1 Å². The Morgan fingerprint density at radius 3 is 2.76 bits per heavy atom. The molecule has 1 atom stereocenters. The predicted octanol–water partition coefficient (Wildman–Crippen LogP) is 1.48. The highest BCUT2D eigenvalue weighted by Crippen LogP contribution is 2.27. The number of aliphatic imine (C=N–C) groups is 1. The van der Waals surface area contributed by atoms with Crippen LogP contribution < -0.4 is 15.4 Å². The highest BCUT2D eigenvalue weighted by molar-refractivity contribution is 5.81. The Labute approximate surface area is 172 Å². The molecule has 0 spiro atoms. The third-order valence-corrected chi connectivity index (χ3v) is 5.49. The van der Waals surface area contributed by atoms with Crippen molar-refractivity contribution in [3.63, 3.8) is 0 Å². The van der Waals surface area contributed by atoms with Crippen molar-refractivity contribution in [2.75, 3.05) is 40.4 Å². The molecule has 8 heteroatoms. The molecule has 2 aliphatic heterocycles. The number of ether oxygens (including phenoxy) is 3. The van der Waals surface area contributed by atoms with Crippen molar-refractivity contribution in [2.24, 2.45) is 4.99 Å². The van der Waals surface area contributed by atoms with Crippen LogP contribution in [-0.2, 0) is 15.9 Å². The molecule has 2 heterocycles. The summed E-state index contributed by atoms with van der Waals surface area (Å²) >= 11 is 0. The van der Waals surface area contributed by atoms with Gasteiger partial charge in [-0.05, 0) is 37.3 Å². The molecule has 29 heavy (non-hydrogen) atoms. The molecule has 1 aromatic carbocycles. The van der Waals surface area contributed by atoms with E-state index in [1.165, 1.54) is 5.56 Å². The lowest BCUT2D eigenvalue weighted by atomic mass is 10.0. The summed E-state index contributed by atoms with van der Waals surface area (Å²) in [6, 6.07) is 8.61. The quantitative estimate of drug-likeness (QED) is 0.235. The van der Waals surface area contributed by atoms with E-state index in [2.05, 4.69) is 38.7 Å². The van der Waals surface area contributed by atoms with Crippen LogP contribution in [0.4, 0.5) is 0 Å². The van der Waals surface area contributed by atoms with Gasteiger partial charge >= 0.3 is 0 Å². The summed E-state index contributed by atoms with van der Waals surface area (Å²) in [5.41, 5.74) is 1.31. The summed E-state index contributed by atoms with van der Waals surface area (Å²) in [6.45, 7) is 3.28. The zero-order valence-corrected chi connectivity index (χ0v) is 17.3. The SMILES string of the molecule is COC(CN=C(NC#N)NC1CCN(CC2CCc3ccccc3O2)CC1)OC. The highest BCUT2D eigenvalue weighted by atomic mass is 16.7. The van der Waals surface area contributed by atoms with Crippen LogP contribution in [0.1, 0.15) is 24.8 Å². The van der Waals surface area contributed by atoms with Gasteiger partial charge in [-0.1, -0.05) is 18.2 Å². The van der Waals surface area contributed by atoms with Crippen LogP contribution in [0.2, 0.25) is 0 Å². The minimum atomic E-state index is -0.422. The molecule has 2 N–H and O–H groups in total. The molecule has 0 bridgehead atoms. The highest BCUT2D eigenvalue weighted by Gasteiger charge is 2.25. The second-order valence-electron chi connectivity index (χ2n) is 7.43. The monoisotopic (exact) mass is 401 g/mol. The number of likely N-dealkylation sites (tertiary alicyclic amines) is 1. The molecule has 3 rings (SSSR count). The van der Waals surface area contributed by atoms with E-state index in [1.54, 1.807) is 14.2 Å². The van der Waals surface area contributed by atoms with Crippen LogP contribution in [0.3, 0.4) is 0 Å². The molecular weight excluding hydrogens is 370 g/mol. The van der Waals surface area contributed by atoms with Gasteiger partial charge in [0.2, 0.25) is 5.96 Å².